The van der Waals surface area contributed by atoms with Gasteiger partial charge in [0, 0.05) is 22.1 Å². The summed E-state index contributed by atoms with van der Waals surface area (Å²) in [5, 5.41) is 12.3. The van der Waals surface area contributed by atoms with Gasteiger partial charge in [-0.25, -0.2) is 0 Å². The summed E-state index contributed by atoms with van der Waals surface area (Å²) >= 11 is 16.5. The lowest BCUT2D eigenvalue weighted by Gasteiger charge is -1.98. The smallest absolute Gasteiger partial charge is 0.290 e. The number of halogens is 3. The van der Waals surface area contributed by atoms with E-state index in [2.05, 4.69) is 20.9 Å². The van der Waals surface area contributed by atoms with Crippen molar-refractivity contribution in [1.82, 2.24) is 0 Å². The molecule has 0 saturated carbocycles. The second-order valence-corrected chi connectivity index (χ2v) is 7.74. The third kappa shape index (κ3) is 4.67. The number of benzene rings is 2. The summed E-state index contributed by atoms with van der Waals surface area (Å²) in [7, 11) is 0. The Morgan fingerprint density at radius 3 is 2.58 bits per heavy atom. The minimum absolute atomic E-state index is 0.0661. The first kappa shape index (κ1) is 19.0. The van der Waals surface area contributed by atoms with E-state index in [9.17, 15) is 10.1 Å². The van der Waals surface area contributed by atoms with Crippen molar-refractivity contribution in [3.8, 4) is 0 Å². The summed E-state index contributed by atoms with van der Waals surface area (Å²) in [6, 6.07) is 13.5. The van der Waals surface area contributed by atoms with Gasteiger partial charge in [0.15, 0.2) is 5.09 Å². The molecule has 0 spiro atoms. The maximum Gasteiger partial charge on any atom is 0.290 e. The first-order chi connectivity index (χ1) is 12.4. The molecule has 2 aromatic carbocycles. The number of hydrogen-bond donors (Lipinski definition) is 0. The van der Waals surface area contributed by atoms with Crippen LogP contribution >= 0.6 is 50.9 Å². The van der Waals surface area contributed by atoms with Crippen LogP contribution in [-0.2, 0) is 0 Å². The number of hydrogen-bond acceptors (Lipinski definition) is 5. The van der Waals surface area contributed by atoms with E-state index in [4.69, 9.17) is 27.6 Å². The monoisotopic (exact) mass is 470 g/mol. The van der Waals surface area contributed by atoms with Crippen LogP contribution in [0.1, 0.15) is 5.76 Å². The van der Waals surface area contributed by atoms with E-state index in [1.54, 1.807) is 24.3 Å². The Morgan fingerprint density at radius 1 is 1.15 bits per heavy atom. The van der Waals surface area contributed by atoms with Crippen molar-refractivity contribution in [3.63, 3.8) is 0 Å². The van der Waals surface area contributed by atoms with E-state index >= 15 is 0 Å². The lowest BCUT2D eigenvalue weighted by Crippen LogP contribution is -1.88. The highest BCUT2D eigenvalue weighted by atomic mass is 79.9. The van der Waals surface area contributed by atoms with Gasteiger partial charge in [0.25, 0.3) is 5.69 Å². The molecule has 0 aliphatic carbocycles. The Morgan fingerprint density at radius 2 is 1.88 bits per heavy atom. The van der Waals surface area contributed by atoms with Crippen molar-refractivity contribution < 1.29 is 9.34 Å². The van der Waals surface area contributed by atoms with E-state index < -0.39 is 4.92 Å². The molecule has 0 bridgehead atoms. The first-order valence-electron chi connectivity index (χ1n) is 7.13. The van der Waals surface area contributed by atoms with Gasteiger partial charge in [0.2, 0.25) is 0 Å². The normalized spacial score (nSPS) is 11.2. The molecule has 0 N–H and O–H groups in total. The summed E-state index contributed by atoms with van der Waals surface area (Å²) in [5.74, 6) is 0.506. The molecule has 3 rings (SSSR count). The van der Waals surface area contributed by atoms with E-state index in [1.165, 1.54) is 30.1 Å². The number of furan rings is 1. The van der Waals surface area contributed by atoms with E-state index in [0.717, 1.165) is 9.37 Å². The Labute approximate surface area is 171 Å². The zero-order valence-corrected chi connectivity index (χ0v) is 16.8. The highest BCUT2D eigenvalue weighted by molar-refractivity contribution is 9.10. The molecule has 0 radical (unpaired) electrons. The molecule has 0 aliphatic heterocycles. The number of nitro benzene ring substituents is 1. The van der Waals surface area contributed by atoms with Crippen molar-refractivity contribution in [1.29, 1.82) is 0 Å². The molecule has 0 atom stereocenters. The maximum absolute atomic E-state index is 10.9. The first-order valence-corrected chi connectivity index (χ1v) is 9.49. The fourth-order valence-corrected chi connectivity index (χ4v) is 3.61. The maximum atomic E-state index is 10.9. The lowest BCUT2D eigenvalue weighted by atomic mass is 10.3. The summed E-state index contributed by atoms with van der Waals surface area (Å²) in [6.07, 6.45) is 1.49. The van der Waals surface area contributed by atoms with Crippen LogP contribution in [0, 0.1) is 10.1 Å². The van der Waals surface area contributed by atoms with Gasteiger partial charge >= 0.3 is 0 Å². The van der Waals surface area contributed by atoms with Crippen molar-refractivity contribution in [3.05, 3.63) is 78.9 Å². The summed E-state index contributed by atoms with van der Waals surface area (Å²) in [6.45, 7) is 0. The number of nitrogens with zero attached hydrogens (tertiary/aromatic N) is 2. The van der Waals surface area contributed by atoms with Crippen LogP contribution in [0.5, 0.6) is 0 Å². The van der Waals surface area contributed by atoms with Crippen LogP contribution in [0.15, 0.2) is 72.4 Å². The van der Waals surface area contributed by atoms with Gasteiger partial charge in [-0.2, -0.15) is 0 Å². The average molecular weight is 472 g/mol. The molecule has 5 nitrogen and oxygen atoms in total. The second kappa shape index (κ2) is 8.26. The summed E-state index contributed by atoms with van der Waals surface area (Å²) in [4.78, 5) is 15.6. The number of nitro groups is 1. The Hall–Kier alpha value is -1.80. The molecule has 1 heterocycles. The fraction of sp³-hybridized carbons (Fsp3) is 0. The van der Waals surface area contributed by atoms with Crippen LogP contribution in [-0.4, -0.2) is 11.1 Å². The zero-order valence-electron chi connectivity index (χ0n) is 12.9. The van der Waals surface area contributed by atoms with Gasteiger partial charge in [-0.15, -0.1) is 0 Å². The second-order valence-electron chi connectivity index (χ2n) is 4.99. The summed E-state index contributed by atoms with van der Waals surface area (Å²) in [5.41, 5.74) is 0.210. The standard InChI is InChI=1S/C17H9BrCl2N2O3S/c18-14-8-12(25-17(14)26-13-4-1-10(19)2-5-13)9-21-11-3-6-15(20)16(7-11)22(23)24/h1-9H. The Balaban J connectivity index is 1.78. The summed E-state index contributed by atoms with van der Waals surface area (Å²) < 4.78 is 6.52. The fourth-order valence-electron chi connectivity index (χ4n) is 1.97. The van der Waals surface area contributed by atoms with Gasteiger partial charge in [-0.1, -0.05) is 35.0 Å². The SMILES string of the molecule is O=[N+]([O-])c1cc(N=Cc2cc(Br)c(Sc3ccc(Cl)cc3)o2)ccc1Cl. The molecule has 0 fully saturated rings. The Kier molecular flexibility index (Phi) is 6.03. The molecule has 0 amide bonds. The highest BCUT2D eigenvalue weighted by Gasteiger charge is 2.13. The van der Waals surface area contributed by atoms with Crippen LogP contribution < -0.4 is 0 Å². The topological polar surface area (TPSA) is 68.6 Å². The molecule has 0 unspecified atom stereocenters. The average Bonchev–Trinajstić information content (AvgIpc) is 2.95. The molecule has 3 aromatic rings. The van der Waals surface area contributed by atoms with Crippen LogP contribution in [0.4, 0.5) is 11.4 Å². The molecule has 1 aromatic heterocycles. The van der Waals surface area contributed by atoms with Gasteiger partial charge in [-0.05, 0) is 52.3 Å². The van der Waals surface area contributed by atoms with Crippen LogP contribution in [0.3, 0.4) is 0 Å². The third-order valence-electron chi connectivity index (χ3n) is 3.17. The van der Waals surface area contributed by atoms with Crippen LogP contribution in [0.25, 0.3) is 0 Å². The highest BCUT2D eigenvalue weighted by Crippen LogP contribution is 2.36. The molecule has 9 heteroatoms. The van der Waals surface area contributed by atoms with E-state index in [1.807, 2.05) is 12.1 Å². The molecule has 26 heavy (non-hydrogen) atoms. The minimum atomic E-state index is -0.550. The third-order valence-corrected chi connectivity index (χ3v) is 5.59. The molecule has 132 valence electrons. The molecular weight excluding hydrogens is 463 g/mol. The molecule has 0 aliphatic rings. The van der Waals surface area contributed by atoms with E-state index in [-0.39, 0.29) is 10.7 Å². The lowest BCUT2D eigenvalue weighted by molar-refractivity contribution is -0.384. The van der Waals surface area contributed by atoms with Crippen molar-refractivity contribution in [2.75, 3.05) is 0 Å². The van der Waals surface area contributed by atoms with Gasteiger partial charge < -0.3 is 4.42 Å². The van der Waals surface area contributed by atoms with Crippen molar-refractivity contribution in [2.45, 2.75) is 9.99 Å². The molecular formula is C17H9BrCl2N2O3S. The van der Waals surface area contributed by atoms with Crippen molar-refractivity contribution in [2.24, 2.45) is 4.99 Å². The number of rotatable bonds is 5. The predicted molar refractivity (Wildman–Crippen MR) is 107 cm³/mol. The minimum Gasteiger partial charge on any atom is -0.447 e. The number of aliphatic imine (C=N–C) groups is 1. The Bertz CT molecular complexity index is 990. The van der Waals surface area contributed by atoms with Gasteiger partial charge in [0.1, 0.15) is 10.8 Å². The van der Waals surface area contributed by atoms with Gasteiger partial charge in [-0.3, -0.25) is 15.1 Å². The predicted octanol–water partition coefficient (Wildman–Crippen LogP) is 7.16. The van der Waals surface area contributed by atoms with Crippen molar-refractivity contribution >= 4 is 68.5 Å². The zero-order chi connectivity index (χ0) is 18.7. The van der Waals surface area contributed by atoms with Gasteiger partial charge in [0.05, 0.1) is 21.3 Å². The molecule has 0 saturated heterocycles. The quantitative estimate of drug-likeness (QED) is 0.225. The van der Waals surface area contributed by atoms with Crippen LogP contribution in [0.2, 0.25) is 10.0 Å². The largest absolute Gasteiger partial charge is 0.447 e. The van der Waals surface area contributed by atoms with E-state index in [0.29, 0.717) is 21.6 Å².